The van der Waals surface area contributed by atoms with Gasteiger partial charge in [0.05, 0.1) is 24.4 Å². The van der Waals surface area contributed by atoms with Gasteiger partial charge in [0.1, 0.15) is 0 Å². The van der Waals surface area contributed by atoms with E-state index in [0.29, 0.717) is 19.6 Å². The predicted molar refractivity (Wildman–Crippen MR) is 105 cm³/mol. The van der Waals surface area contributed by atoms with Crippen LogP contribution in [-0.4, -0.2) is 47.8 Å². The third-order valence-corrected chi connectivity index (χ3v) is 6.35. The summed E-state index contributed by atoms with van der Waals surface area (Å²) in [5.41, 5.74) is 3.90. The van der Waals surface area contributed by atoms with Crippen molar-refractivity contribution in [2.75, 3.05) is 13.1 Å². The first-order chi connectivity index (χ1) is 12.8. The zero-order valence-electron chi connectivity index (χ0n) is 16.3. The summed E-state index contributed by atoms with van der Waals surface area (Å²) in [6, 6.07) is 10.1. The number of benzene rings is 1. The van der Waals surface area contributed by atoms with Crippen molar-refractivity contribution in [3.63, 3.8) is 0 Å². The van der Waals surface area contributed by atoms with E-state index in [9.17, 15) is 8.42 Å². The van der Waals surface area contributed by atoms with E-state index in [1.807, 2.05) is 50.6 Å². The van der Waals surface area contributed by atoms with Crippen molar-refractivity contribution < 1.29 is 13.2 Å². The van der Waals surface area contributed by atoms with Crippen LogP contribution < -0.4 is 4.72 Å². The van der Waals surface area contributed by atoms with E-state index in [-0.39, 0.29) is 18.8 Å². The van der Waals surface area contributed by atoms with Gasteiger partial charge in [0, 0.05) is 30.9 Å². The Kier molecular flexibility index (Phi) is 6.00. The molecule has 8 heteroatoms. The molecule has 1 fully saturated rings. The van der Waals surface area contributed by atoms with Gasteiger partial charge in [-0.05, 0) is 33.3 Å². The van der Waals surface area contributed by atoms with Crippen LogP contribution in [0.1, 0.15) is 36.4 Å². The lowest BCUT2D eigenvalue weighted by Crippen LogP contribution is -2.51. The molecule has 2 heterocycles. The monoisotopic (exact) mass is 392 g/mol. The minimum atomic E-state index is -3.56. The second-order valence-corrected chi connectivity index (χ2v) is 8.95. The van der Waals surface area contributed by atoms with Gasteiger partial charge >= 0.3 is 0 Å². The minimum Gasteiger partial charge on any atom is -0.373 e. The fourth-order valence-electron chi connectivity index (χ4n) is 3.48. The summed E-state index contributed by atoms with van der Waals surface area (Å²) in [5.74, 6) is 0. The van der Waals surface area contributed by atoms with Crippen molar-refractivity contribution in [2.24, 2.45) is 0 Å². The van der Waals surface area contributed by atoms with Crippen LogP contribution in [0.2, 0.25) is 0 Å². The van der Waals surface area contributed by atoms with Crippen molar-refractivity contribution in [3.05, 3.63) is 52.8 Å². The normalized spacial score (nSPS) is 21.5. The Labute approximate surface area is 161 Å². The molecule has 2 atom stereocenters. The van der Waals surface area contributed by atoms with Crippen molar-refractivity contribution in [3.8, 4) is 0 Å². The molecule has 1 N–H and O–H groups in total. The molecule has 2 aromatic rings. The highest BCUT2D eigenvalue weighted by atomic mass is 32.2. The number of aryl methyl sites for hydroxylation is 1. The van der Waals surface area contributed by atoms with Gasteiger partial charge in [-0.1, -0.05) is 30.3 Å². The van der Waals surface area contributed by atoms with Gasteiger partial charge in [-0.15, -0.1) is 0 Å². The molecule has 0 spiro atoms. The molecule has 27 heavy (non-hydrogen) atoms. The number of aromatic nitrogens is 2. The van der Waals surface area contributed by atoms with Crippen LogP contribution in [0.25, 0.3) is 0 Å². The fraction of sp³-hybridized carbons (Fsp3) is 0.526. The Morgan fingerprint density at radius 3 is 2.41 bits per heavy atom. The molecule has 1 aliphatic heterocycles. The minimum absolute atomic E-state index is 0.109. The third kappa shape index (κ3) is 4.76. The van der Waals surface area contributed by atoms with Gasteiger partial charge in [-0.25, -0.2) is 0 Å². The highest BCUT2D eigenvalue weighted by Crippen LogP contribution is 2.17. The third-order valence-electron chi connectivity index (χ3n) is 4.86. The van der Waals surface area contributed by atoms with Crippen molar-refractivity contribution in [2.45, 2.75) is 53.0 Å². The largest absolute Gasteiger partial charge is 0.373 e. The molecule has 1 aromatic heterocycles. The maximum atomic E-state index is 12.7. The van der Waals surface area contributed by atoms with Gasteiger partial charge in [-0.3, -0.25) is 4.68 Å². The molecule has 0 bridgehead atoms. The zero-order valence-corrected chi connectivity index (χ0v) is 17.2. The Morgan fingerprint density at radius 1 is 1.15 bits per heavy atom. The molecule has 0 radical (unpaired) electrons. The molecular formula is C19H28N4O3S. The van der Waals surface area contributed by atoms with Crippen LogP contribution in [0.15, 0.2) is 30.3 Å². The zero-order chi connectivity index (χ0) is 19.6. The number of morpholine rings is 1. The van der Waals surface area contributed by atoms with E-state index in [0.717, 1.165) is 22.5 Å². The molecule has 1 aliphatic rings. The lowest BCUT2D eigenvalue weighted by molar-refractivity contribution is -0.0444. The van der Waals surface area contributed by atoms with Crippen LogP contribution >= 0.6 is 0 Å². The number of ether oxygens (including phenoxy) is 1. The molecule has 1 aromatic carbocycles. The van der Waals surface area contributed by atoms with E-state index in [2.05, 4.69) is 22.0 Å². The first-order valence-corrected chi connectivity index (χ1v) is 10.7. The number of nitrogens with one attached hydrogen (secondary N) is 1. The lowest BCUT2D eigenvalue weighted by atomic mass is 10.2. The molecule has 7 nitrogen and oxygen atoms in total. The van der Waals surface area contributed by atoms with Crippen molar-refractivity contribution in [1.29, 1.82) is 0 Å². The average Bonchev–Trinajstić information content (AvgIpc) is 2.86. The number of nitrogens with zero attached hydrogens (tertiary/aromatic N) is 3. The van der Waals surface area contributed by atoms with E-state index >= 15 is 0 Å². The SMILES string of the molecule is Cc1nn(Cc2ccccc2)c(C)c1CNS(=O)(=O)N1C[C@@H](C)O[C@H](C)C1. The lowest BCUT2D eigenvalue weighted by Gasteiger charge is -2.34. The fourth-order valence-corrected chi connectivity index (χ4v) is 4.80. The number of rotatable bonds is 6. The topological polar surface area (TPSA) is 76.5 Å². The summed E-state index contributed by atoms with van der Waals surface area (Å²) >= 11 is 0. The molecule has 0 aliphatic carbocycles. The smallest absolute Gasteiger partial charge is 0.279 e. The summed E-state index contributed by atoms with van der Waals surface area (Å²) in [7, 11) is -3.56. The van der Waals surface area contributed by atoms with Gasteiger partial charge < -0.3 is 4.74 Å². The summed E-state index contributed by atoms with van der Waals surface area (Å²) in [6.07, 6.45) is -0.218. The molecule has 3 rings (SSSR count). The Balaban J connectivity index is 1.70. The predicted octanol–water partition coefficient (Wildman–Crippen LogP) is 1.99. The van der Waals surface area contributed by atoms with E-state index in [4.69, 9.17) is 4.74 Å². The van der Waals surface area contributed by atoms with Crippen molar-refractivity contribution >= 4 is 10.2 Å². The van der Waals surface area contributed by atoms with Crippen LogP contribution in [0.3, 0.4) is 0 Å². The van der Waals surface area contributed by atoms with Crippen LogP contribution in [0, 0.1) is 13.8 Å². The van der Waals surface area contributed by atoms with Crippen LogP contribution in [-0.2, 0) is 28.0 Å². The van der Waals surface area contributed by atoms with Gasteiger partial charge in [0.2, 0.25) is 0 Å². The second kappa shape index (κ2) is 8.10. The summed E-state index contributed by atoms with van der Waals surface area (Å²) in [5, 5.41) is 4.59. The Bertz CT molecular complexity index is 870. The maximum Gasteiger partial charge on any atom is 0.279 e. The number of hydrogen-bond acceptors (Lipinski definition) is 4. The highest BCUT2D eigenvalue weighted by Gasteiger charge is 2.31. The quantitative estimate of drug-likeness (QED) is 0.816. The second-order valence-electron chi connectivity index (χ2n) is 7.19. The molecular weight excluding hydrogens is 364 g/mol. The summed E-state index contributed by atoms with van der Waals surface area (Å²) in [6.45, 7) is 9.30. The Hall–Kier alpha value is -1.74. The first-order valence-electron chi connectivity index (χ1n) is 9.23. The summed E-state index contributed by atoms with van der Waals surface area (Å²) < 4.78 is 37.2. The molecule has 148 valence electrons. The molecule has 0 saturated carbocycles. The molecule has 1 saturated heterocycles. The Morgan fingerprint density at radius 2 is 1.78 bits per heavy atom. The van der Waals surface area contributed by atoms with Gasteiger partial charge in [0.15, 0.2) is 0 Å². The van der Waals surface area contributed by atoms with E-state index < -0.39 is 10.2 Å². The summed E-state index contributed by atoms with van der Waals surface area (Å²) in [4.78, 5) is 0. The highest BCUT2D eigenvalue weighted by molar-refractivity contribution is 7.87. The average molecular weight is 393 g/mol. The van der Waals surface area contributed by atoms with E-state index in [1.54, 1.807) is 0 Å². The van der Waals surface area contributed by atoms with E-state index in [1.165, 1.54) is 4.31 Å². The van der Waals surface area contributed by atoms with Gasteiger partial charge in [-0.2, -0.15) is 22.5 Å². The van der Waals surface area contributed by atoms with Crippen LogP contribution in [0.5, 0.6) is 0 Å². The molecule has 0 amide bonds. The van der Waals surface area contributed by atoms with Gasteiger partial charge in [0.25, 0.3) is 10.2 Å². The first kappa shape index (κ1) is 20.0. The maximum absolute atomic E-state index is 12.7. The molecule has 0 unspecified atom stereocenters. The standard InChI is InChI=1S/C19H28N4O3S/c1-14-11-22(12-15(2)26-14)27(24,25)20-10-19-16(3)21-23(17(19)4)13-18-8-6-5-7-9-18/h5-9,14-15,20H,10-13H2,1-4H3/t14-,15-/m1/s1. The van der Waals surface area contributed by atoms with Crippen molar-refractivity contribution in [1.82, 2.24) is 18.8 Å². The van der Waals surface area contributed by atoms with Crippen LogP contribution in [0.4, 0.5) is 0 Å². The number of hydrogen-bond donors (Lipinski definition) is 1.